The van der Waals surface area contributed by atoms with Crippen molar-refractivity contribution in [3.8, 4) is 11.3 Å². The summed E-state index contributed by atoms with van der Waals surface area (Å²) in [5.41, 5.74) is 0.504. The van der Waals surface area contributed by atoms with Crippen LogP contribution in [0.25, 0.3) is 11.3 Å². The molecule has 0 atom stereocenters. The number of hydrogen-bond acceptors (Lipinski definition) is 4. The molecule has 0 spiro atoms. The molecule has 110 valence electrons. The van der Waals surface area contributed by atoms with Crippen molar-refractivity contribution in [2.24, 2.45) is 0 Å². The van der Waals surface area contributed by atoms with E-state index in [1.807, 2.05) is 0 Å². The Balaban J connectivity index is 2.57. The van der Waals surface area contributed by atoms with Gasteiger partial charge >= 0.3 is 11.9 Å². The van der Waals surface area contributed by atoms with E-state index in [1.165, 1.54) is 31.4 Å². The van der Waals surface area contributed by atoms with Crippen LogP contribution >= 0.6 is 0 Å². The van der Waals surface area contributed by atoms with Crippen LogP contribution in [0.3, 0.4) is 0 Å². The lowest BCUT2D eigenvalue weighted by Gasteiger charge is -2.05. The molecule has 1 N–H and O–H groups in total. The largest absolute Gasteiger partial charge is 0.464 e. The molecule has 21 heavy (non-hydrogen) atoms. The minimum atomic E-state index is -0.650. The molecule has 0 aliphatic carbocycles. The number of esters is 2. The van der Waals surface area contributed by atoms with Gasteiger partial charge in [-0.25, -0.2) is 14.0 Å². The summed E-state index contributed by atoms with van der Waals surface area (Å²) < 4.78 is 23.4. The van der Waals surface area contributed by atoms with Gasteiger partial charge in [0.1, 0.15) is 11.5 Å². The third-order valence-corrected chi connectivity index (χ3v) is 2.86. The molecule has 0 aliphatic rings. The highest BCUT2D eigenvalue weighted by molar-refractivity contribution is 6.00. The number of aromatic nitrogens is 1. The van der Waals surface area contributed by atoms with E-state index >= 15 is 0 Å². The molecule has 5 nitrogen and oxygen atoms in total. The molecule has 2 rings (SSSR count). The van der Waals surface area contributed by atoms with Crippen molar-refractivity contribution in [1.82, 2.24) is 4.98 Å². The fourth-order valence-corrected chi connectivity index (χ4v) is 1.92. The molecule has 0 bridgehead atoms. The molecule has 0 amide bonds. The fourth-order valence-electron chi connectivity index (χ4n) is 1.92. The second-order valence-corrected chi connectivity index (χ2v) is 4.16. The Morgan fingerprint density at radius 2 is 1.95 bits per heavy atom. The summed E-state index contributed by atoms with van der Waals surface area (Å²) in [7, 11) is 1.22. The number of hydrogen-bond donors (Lipinski definition) is 1. The Hall–Kier alpha value is -2.63. The van der Waals surface area contributed by atoms with E-state index in [4.69, 9.17) is 4.74 Å². The second kappa shape index (κ2) is 6.21. The monoisotopic (exact) mass is 291 g/mol. The SMILES string of the molecule is CCOC(=O)c1cc(C(=O)OC)[nH]c1-c1ccccc1F. The van der Waals surface area contributed by atoms with Gasteiger partial charge in [-0.2, -0.15) is 0 Å². The summed E-state index contributed by atoms with van der Waals surface area (Å²) in [5, 5.41) is 0. The Kier molecular flexibility index (Phi) is 4.37. The highest BCUT2D eigenvalue weighted by Crippen LogP contribution is 2.27. The zero-order valence-corrected chi connectivity index (χ0v) is 11.6. The molecule has 0 fully saturated rings. The highest BCUT2D eigenvalue weighted by atomic mass is 19.1. The summed E-state index contributed by atoms with van der Waals surface area (Å²) >= 11 is 0. The smallest absolute Gasteiger partial charge is 0.354 e. The zero-order valence-electron chi connectivity index (χ0n) is 11.6. The number of benzene rings is 1. The van der Waals surface area contributed by atoms with Crippen LogP contribution in [0.2, 0.25) is 0 Å². The number of rotatable bonds is 4. The van der Waals surface area contributed by atoms with Crippen molar-refractivity contribution in [2.75, 3.05) is 13.7 Å². The molecular formula is C15H14FNO4. The number of carbonyl (C=O) groups is 2. The normalized spacial score (nSPS) is 10.2. The van der Waals surface area contributed by atoms with Crippen molar-refractivity contribution >= 4 is 11.9 Å². The average Bonchev–Trinajstić information content (AvgIpc) is 2.92. The third kappa shape index (κ3) is 2.94. The number of nitrogens with one attached hydrogen (secondary N) is 1. The van der Waals surface area contributed by atoms with Crippen molar-refractivity contribution in [1.29, 1.82) is 0 Å². The quantitative estimate of drug-likeness (QED) is 0.879. The van der Waals surface area contributed by atoms with Crippen LogP contribution in [-0.4, -0.2) is 30.6 Å². The van der Waals surface area contributed by atoms with Gasteiger partial charge in [0.05, 0.1) is 25.0 Å². The first-order valence-electron chi connectivity index (χ1n) is 6.31. The van der Waals surface area contributed by atoms with Gasteiger partial charge in [0.25, 0.3) is 0 Å². The van der Waals surface area contributed by atoms with Crippen LogP contribution in [0.15, 0.2) is 30.3 Å². The van der Waals surface area contributed by atoms with Crippen LogP contribution in [-0.2, 0) is 9.47 Å². The molecule has 1 aromatic heterocycles. The van der Waals surface area contributed by atoms with Crippen molar-refractivity contribution in [3.63, 3.8) is 0 Å². The Morgan fingerprint density at radius 1 is 1.24 bits per heavy atom. The van der Waals surface area contributed by atoms with Crippen LogP contribution in [0.5, 0.6) is 0 Å². The highest BCUT2D eigenvalue weighted by Gasteiger charge is 2.22. The van der Waals surface area contributed by atoms with E-state index < -0.39 is 17.8 Å². The van der Waals surface area contributed by atoms with Crippen molar-refractivity contribution < 1.29 is 23.5 Å². The number of ether oxygens (including phenoxy) is 2. The van der Waals surface area contributed by atoms with Gasteiger partial charge in [0.2, 0.25) is 0 Å². The van der Waals surface area contributed by atoms with E-state index in [9.17, 15) is 14.0 Å². The molecule has 0 saturated carbocycles. The first-order valence-corrected chi connectivity index (χ1v) is 6.31. The fraction of sp³-hybridized carbons (Fsp3) is 0.200. The lowest BCUT2D eigenvalue weighted by molar-refractivity contribution is 0.0527. The molecule has 1 aromatic carbocycles. The topological polar surface area (TPSA) is 68.4 Å². The zero-order chi connectivity index (χ0) is 15.4. The van der Waals surface area contributed by atoms with Crippen LogP contribution < -0.4 is 0 Å². The van der Waals surface area contributed by atoms with Gasteiger partial charge in [-0.3, -0.25) is 0 Å². The van der Waals surface area contributed by atoms with Gasteiger partial charge in [-0.1, -0.05) is 12.1 Å². The maximum absolute atomic E-state index is 13.9. The maximum atomic E-state index is 13.9. The van der Waals surface area contributed by atoms with Gasteiger partial charge in [0.15, 0.2) is 0 Å². The van der Waals surface area contributed by atoms with E-state index in [2.05, 4.69) is 9.72 Å². The Bertz CT molecular complexity index is 678. The summed E-state index contributed by atoms with van der Waals surface area (Å²) in [4.78, 5) is 26.2. The van der Waals surface area contributed by atoms with E-state index in [0.29, 0.717) is 0 Å². The Morgan fingerprint density at radius 3 is 2.57 bits per heavy atom. The summed E-state index contributed by atoms with van der Waals surface area (Å²) in [5.74, 6) is -1.80. The first kappa shape index (κ1) is 14.8. The van der Waals surface area contributed by atoms with Gasteiger partial charge in [0, 0.05) is 5.56 Å². The van der Waals surface area contributed by atoms with Crippen molar-refractivity contribution in [2.45, 2.75) is 6.92 Å². The van der Waals surface area contributed by atoms with Gasteiger partial charge < -0.3 is 14.5 Å². The second-order valence-electron chi connectivity index (χ2n) is 4.16. The summed E-state index contributed by atoms with van der Waals surface area (Å²) in [6, 6.07) is 7.23. The molecule has 2 aromatic rings. The van der Waals surface area contributed by atoms with E-state index in [1.54, 1.807) is 13.0 Å². The standard InChI is InChI=1S/C15H14FNO4/c1-3-21-14(18)10-8-12(15(19)20-2)17-13(10)9-6-4-5-7-11(9)16/h4-8,17H,3H2,1-2H3. The Labute approximate surface area is 120 Å². The molecule has 0 radical (unpaired) electrons. The van der Waals surface area contributed by atoms with Crippen LogP contribution in [0, 0.1) is 5.82 Å². The number of H-pyrrole nitrogens is 1. The van der Waals surface area contributed by atoms with E-state index in [-0.39, 0.29) is 29.1 Å². The summed E-state index contributed by atoms with van der Waals surface area (Å²) in [6.07, 6.45) is 0. The molecule has 0 aliphatic heterocycles. The summed E-state index contributed by atoms with van der Waals surface area (Å²) in [6.45, 7) is 1.84. The number of carbonyl (C=O) groups excluding carboxylic acids is 2. The minimum Gasteiger partial charge on any atom is -0.464 e. The number of methoxy groups -OCH3 is 1. The van der Waals surface area contributed by atoms with Gasteiger partial charge in [-0.05, 0) is 25.1 Å². The lowest BCUT2D eigenvalue weighted by atomic mass is 10.1. The van der Waals surface area contributed by atoms with Crippen molar-refractivity contribution in [3.05, 3.63) is 47.4 Å². The van der Waals surface area contributed by atoms with E-state index in [0.717, 1.165) is 0 Å². The average molecular weight is 291 g/mol. The predicted octanol–water partition coefficient (Wildman–Crippen LogP) is 2.78. The minimum absolute atomic E-state index is 0.0545. The molecule has 0 unspecified atom stereocenters. The lowest BCUT2D eigenvalue weighted by Crippen LogP contribution is -2.05. The third-order valence-electron chi connectivity index (χ3n) is 2.86. The molecule has 1 heterocycles. The van der Waals surface area contributed by atoms with Gasteiger partial charge in [-0.15, -0.1) is 0 Å². The van der Waals surface area contributed by atoms with Crippen LogP contribution in [0.1, 0.15) is 27.8 Å². The first-order chi connectivity index (χ1) is 10.1. The molecule has 0 saturated heterocycles. The molecule has 6 heteroatoms. The maximum Gasteiger partial charge on any atom is 0.354 e. The van der Waals surface area contributed by atoms with Crippen LogP contribution in [0.4, 0.5) is 4.39 Å². The molecular weight excluding hydrogens is 277 g/mol. The predicted molar refractivity (Wildman–Crippen MR) is 73.5 cm³/mol. The number of halogens is 1. The number of aromatic amines is 1.